The normalized spacial score (nSPS) is 13.5. The minimum atomic E-state index is -0.240. The van der Waals surface area contributed by atoms with E-state index in [1.165, 1.54) is 0 Å². The Balaban J connectivity index is 1.52. The Labute approximate surface area is 128 Å². The predicted octanol–water partition coefficient (Wildman–Crippen LogP) is 2.37. The van der Waals surface area contributed by atoms with Crippen LogP contribution in [0.5, 0.6) is 11.5 Å². The smallest absolute Gasteiger partial charge is 0.315 e. The number of amides is 2. The number of nitrogens with one attached hydrogen (secondary N) is 2. The van der Waals surface area contributed by atoms with Gasteiger partial charge >= 0.3 is 6.03 Å². The van der Waals surface area contributed by atoms with E-state index in [0.717, 1.165) is 17.0 Å². The highest BCUT2D eigenvalue weighted by molar-refractivity contribution is 5.74. The van der Waals surface area contributed by atoms with Crippen LogP contribution < -0.4 is 20.1 Å². The van der Waals surface area contributed by atoms with Crippen molar-refractivity contribution in [3.63, 3.8) is 0 Å². The number of hydrogen-bond acceptors (Lipinski definition) is 4. The van der Waals surface area contributed by atoms with E-state index in [2.05, 4.69) is 15.6 Å². The van der Waals surface area contributed by atoms with Crippen LogP contribution in [0.4, 0.5) is 4.79 Å². The van der Waals surface area contributed by atoms with E-state index in [0.29, 0.717) is 12.3 Å². The van der Waals surface area contributed by atoms with E-state index in [4.69, 9.17) is 9.47 Å². The maximum absolute atomic E-state index is 11.9. The Morgan fingerprint density at radius 2 is 2.14 bits per heavy atom. The largest absolute Gasteiger partial charge is 0.454 e. The number of carbonyl (C=O) groups is 1. The molecule has 22 heavy (non-hydrogen) atoms. The summed E-state index contributed by atoms with van der Waals surface area (Å²) in [5.74, 6) is 1.44. The van der Waals surface area contributed by atoms with Gasteiger partial charge in [0.1, 0.15) is 0 Å². The maximum Gasteiger partial charge on any atom is 0.315 e. The molecule has 1 aromatic heterocycles. The summed E-state index contributed by atoms with van der Waals surface area (Å²) in [6, 6.07) is 10.8. The average molecular weight is 299 g/mol. The number of rotatable bonds is 4. The lowest BCUT2D eigenvalue weighted by Crippen LogP contribution is -2.36. The van der Waals surface area contributed by atoms with Crippen molar-refractivity contribution < 1.29 is 14.3 Å². The van der Waals surface area contributed by atoms with Gasteiger partial charge < -0.3 is 20.1 Å². The van der Waals surface area contributed by atoms with Crippen LogP contribution in [-0.4, -0.2) is 17.8 Å². The monoisotopic (exact) mass is 299 g/mol. The molecular formula is C16H17N3O3. The summed E-state index contributed by atoms with van der Waals surface area (Å²) in [7, 11) is 0. The quantitative estimate of drug-likeness (QED) is 0.909. The van der Waals surface area contributed by atoms with Gasteiger partial charge in [-0.2, -0.15) is 0 Å². The summed E-state index contributed by atoms with van der Waals surface area (Å²) >= 11 is 0. The zero-order valence-electron chi connectivity index (χ0n) is 12.2. The highest BCUT2D eigenvalue weighted by atomic mass is 16.7. The second-order valence-corrected chi connectivity index (χ2v) is 4.99. The zero-order chi connectivity index (χ0) is 15.4. The summed E-state index contributed by atoms with van der Waals surface area (Å²) in [6.45, 7) is 2.55. The molecule has 2 N–H and O–H groups in total. The molecule has 2 aromatic rings. The molecule has 2 amide bonds. The van der Waals surface area contributed by atoms with E-state index >= 15 is 0 Å². The first kappa shape index (κ1) is 14.2. The summed E-state index contributed by atoms with van der Waals surface area (Å²) in [6.07, 6.45) is 1.71. The Kier molecular flexibility index (Phi) is 4.09. The van der Waals surface area contributed by atoms with Crippen molar-refractivity contribution in [1.82, 2.24) is 15.6 Å². The molecule has 6 heteroatoms. The topological polar surface area (TPSA) is 72.5 Å². The molecule has 0 fully saturated rings. The molecular weight excluding hydrogens is 282 g/mol. The van der Waals surface area contributed by atoms with Crippen molar-refractivity contribution in [3.05, 3.63) is 53.9 Å². The molecule has 0 radical (unpaired) electrons. The molecule has 0 saturated carbocycles. The first-order chi connectivity index (χ1) is 10.7. The van der Waals surface area contributed by atoms with Gasteiger partial charge in [0, 0.05) is 12.7 Å². The van der Waals surface area contributed by atoms with Gasteiger partial charge in [0.2, 0.25) is 6.79 Å². The van der Waals surface area contributed by atoms with Crippen LogP contribution in [0.2, 0.25) is 0 Å². The number of carbonyl (C=O) groups excluding carboxylic acids is 1. The molecule has 0 aliphatic carbocycles. The SMILES string of the molecule is C[C@H](NC(=O)NCc1ccc2c(c1)OCO2)c1ccccn1. The highest BCUT2D eigenvalue weighted by Crippen LogP contribution is 2.32. The maximum atomic E-state index is 11.9. The van der Waals surface area contributed by atoms with E-state index in [1.54, 1.807) is 6.20 Å². The summed E-state index contributed by atoms with van der Waals surface area (Å²) in [4.78, 5) is 16.1. The van der Waals surface area contributed by atoms with E-state index in [-0.39, 0.29) is 18.9 Å². The molecule has 0 saturated heterocycles. The van der Waals surface area contributed by atoms with Gasteiger partial charge in [0.15, 0.2) is 11.5 Å². The number of urea groups is 1. The minimum absolute atomic E-state index is 0.155. The fourth-order valence-corrected chi connectivity index (χ4v) is 2.19. The predicted molar refractivity (Wildman–Crippen MR) is 80.6 cm³/mol. The number of aromatic nitrogens is 1. The molecule has 2 heterocycles. The van der Waals surface area contributed by atoms with Gasteiger partial charge in [-0.25, -0.2) is 4.79 Å². The fourth-order valence-electron chi connectivity index (χ4n) is 2.19. The molecule has 1 aliphatic heterocycles. The highest BCUT2D eigenvalue weighted by Gasteiger charge is 2.14. The first-order valence-corrected chi connectivity index (χ1v) is 7.06. The summed E-state index contributed by atoms with van der Waals surface area (Å²) in [5.41, 5.74) is 1.77. The number of ether oxygens (including phenoxy) is 2. The van der Waals surface area contributed by atoms with Gasteiger partial charge in [-0.1, -0.05) is 12.1 Å². The standard InChI is InChI=1S/C16H17N3O3/c1-11(13-4-2-3-7-17-13)19-16(20)18-9-12-5-6-14-15(8-12)22-10-21-14/h2-8,11H,9-10H2,1H3,(H2,18,19,20)/t11-/m0/s1. The van der Waals surface area contributed by atoms with E-state index in [1.807, 2.05) is 43.3 Å². The van der Waals surface area contributed by atoms with Gasteiger partial charge in [-0.05, 0) is 36.8 Å². The van der Waals surface area contributed by atoms with Crippen LogP contribution in [0.25, 0.3) is 0 Å². The van der Waals surface area contributed by atoms with Crippen LogP contribution >= 0.6 is 0 Å². The molecule has 0 spiro atoms. The Hall–Kier alpha value is -2.76. The third-order valence-corrected chi connectivity index (χ3v) is 3.37. The number of hydrogen-bond donors (Lipinski definition) is 2. The third kappa shape index (κ3) is 3.28. The number of pyridine rings is 1. The molecule has 1 atom stereocenters. The molecule has 1 aliphatic rings. The van der Waals surface area contributed by atoms with Gasteiger partial charge in [-0.3, -0.25) is 4.98 Å². The van der Waals surface area contributed by atoms with Gasteiger partial charge in [0.05, 0.1) is 11.7 Å². The summed E-state index contributed by atoms with van der Waals surface area (Å²) in [5, 5.41) is 5.67. The van der Waals surface area contributed by atoms with Crippen molar-refractivity contribution in [2.45, 2.75) is 19.5 Å². The van der Waals surface area contributed by atoms with Crippen LogP contribution in [0.3, 0.4) is 0 Å². The van der Waals surface area contributed by atoms with Gasteiger partial charge in [0.25, 0.3) is 0 Å². The minimum Gasteiger partial charge on any atom is -0.454 e. The Morgan fingerprint density at radius 3 is 2.95 bits per heavy atom. The number of benzene rings is 1. The third-order valence-electron chi connectivity index (χ3n) is 3.37. The van der Waals surface area contributed by atoms with E-state index < -0.39 is 0 Å². The lowest BCUT2D eigenvalue weighted by atomic mass is 10.2. The van der Waals surface area contributed by atoms with Gasteiger partial charge in [-0.15, -0.1) is 0 Å². The number of fused-ring (bicyclic) bond motifs is 1. The van der Waals surface area contributed by atoms with E-state index in [9.17, 15) is 4.79 Å². The van der Waals surface area contributed by atoms with Crippen LogP contribution in [0, 0.1) is 0 Å². The Bertz CT molecular complexity index is 661. The molecule has 1 aromatic carbocycles. The average Bonchev–Trinajstić information content (AvgIpc) is 3.01. The molecule has 114 valence electrons. The van der Waals surface area contributed by atoms with Crippen molar-refractivity contribution in [1.29, 1.82) is 0 Å². The zero-order valence-corrected chi connectivity index (χ0v) is 12.2. The molecule has 6 nitrogen and oxygen atoms in total. The lowest BCUT2D eigenvalue weighted by molar-refractivity contribution is 0.174. The van der Waals surface area contributed by atoms with Crippen molar-refractivity contribution in [3.8, 4) is 11.5 Å². The molecule has 3 rings (SSSR count). The first-order valence-electron chi connectivity index (χ1n) is 7.06. The number of nitrogens with zero attached hydrogens (tertiary/aromatic N) is 1. The fraction of sp³-hybridized carbons (Fsp3) is 0.250. The molecule has 0 unspecified atom stereocenters. The van der Waals surface area contributed by atoms with Crippen LogP contribution in [0.15, 0.2) is 42.6 Å². The van der Waals surface area contributed by atoms with Crippen molar-refractivity contribution in [2.24, 2.45) is 0 Å². The van der Waals surface area contributed by atoms with Crippen molar-refractivity contribution in [2.75, 3.05) is 6.79 Å². The Morgan fingerprint density at radius 1 is 1.27 bits per heavy atom. The van der Waals surface area contributed by atoms with Crippen molar-refractivity contribution >= 4 is 6.03 Å². The second-order valence-electron chi connectivity index (χ2n) is 4.99. The molecule has 0 bridgehead atoms. The summed E-state index contributed by atoms with van der Waals surface area (Å²) < 4.78 is 10.6. The lowest BCUT2D eigenvalue weighted by Gasteiger charge is -2.14. The second kappa shape index (κ2) is 6.34. The van der Waals surface area contributed by atoms with Crippen LogP contribution in [-0.2, 0) is 6.54 Å². The van der Waals surface area contributed by atoms with Crippen LogP contribution in [0.1, 0.15) is 24.2 Å².